The van der Waals surface area contributed by atoms with Crippen molar-refractivity contribution in [3.05, 3.63) is 52.0 Å². The number of hydrogen-bond donors (Lipinski definition) is 3. The van der Waals surface area contributed by atoms with Crippen molar-refractivity contribution in [3.63, 3.8) is 0 Å². The largest absolute Gasteiger partial charge is 0.409 e. The SMILES string of the molecule is N/C(=N/O)c1cc(F)ccc1NC(=O)c1ccsc1. The summed E-state index contributed by atoms with van der Waals surface area (Å²) in [6.45, 7) is 0. The Labute approximate surface area is 112 Å². The molecule has 1 amide bonds. The zero-order valence-electron chi connectivity index (χ0n) is 9.63. The van der Waals surface area contributed by atoms with E-state index in [0.717, 1.165) is 6.07 Å². The van der Waals surface area contributed by atoms with Crippen LogP contribution in [0.3, 0.4) is 0 Å². The van der Waals surface area contributed by atoms with Gasteiger partial charge in [0.15, 0.2) is 5.84 Å². The smallest absolute Gasteiger partial charge is 0.256 e. The van der Waals surface area contributed by atoms with E-state index in [9.17, 15) is 9.18 Å². The summed E-state index contributed by atoms with van der Waals surface area (Å²) in [6, 6.07) is 5.27. The Hall–Kier alpha value is -2.41. The Balaban J connectivity index is 2.32. The van der Waals surface area contributed by atoms with Crippen LogP contribution < -0.4 is 11.1 Å². The van der Waals surface area contributed by atoms with Gasteiger partial charge in [-0.15, -0.1) is 0 Å². The summed E-state index contributed by atoms with van der Waals surface area (Å²) >= 11 is 1.39. The number of nitrogens with one attached hydrogen (secondary N) is 1. The lowest BCUT2D eigenvalue weighted by atomic mass is 10.1. The van der Waals surface area contributed by atoms with E-state index < -0.39 is 5.82 Å². The van der Waals surface area contributed by atoms with Crippen molar-refractivity contribution in [1.29, 1.82) is 0 Å². The summed E-state index contributed by atoms with van der Waals surface area (Å²) in [7, 11) is 0. The molecule has 0 aliphatic rings. The number of carbonyl (C=O) groups excluding carboxylic acids is 1. The van der Waals surface area contributed by atoms with Gasteiger partial charge in [0.1, 0.15) is 5.82 Å². The van der Waals surface area contributed by atoms with Crippen molar-refractivity contribution in [3.8, 4) is 0 Å². The van der Waals surface area contributed by atoms with Crippen LogP contribution in [0.4, 0.5) is 10.1 Å². The summed E-state index contributed by atoms with van der Waals surface area (Å²) in [5.41, 5.74) is 6.32. The molecule has 1 aromatic carbocycles. The van der Waals surface area contributed by atoms with Gasteiger partial charge in [-0.1, -0.05) is 5.16 Å². The number of thiophene rings is 1. The second kappa shape index (κ2) is 5.49. The Morgan fingerprint density at radius 1 is 1.42 bits per heavy atom. The van der Waals surface area contributed by atoms with Crippen LogP contribution in [-0.2, 0) is 0 Å². The molecule has 98 valence electrons. The molecule has 19 heavy (non-hydrogen) atoms. The highest BCUT2D eigenvalue weighted by atomic mass is 32.1. The van der Waals surface area contributed by atoms with Crippen molar-refractivity contribution >= 4 is 28.8 Å². The molecular formula is C12H10FN3O2S. The number of halogens is 1. The van der Waals surface area contributed by atoms with Crippen LogP contribution in [0.25, 0.3) is 0 Å². The molecule has 5 nitrogen and oxygen atoms in total. The van der Waals surface area contributed by atoms with Crippen LogP contribution in [0.1, 0.15) is 15.9 Å². The lowest BCUT2D eigenvalue weighted by molar-refractivity contribution is 0.102. The number of carbonyl (C=O) groups is 1. The summed E-state index contributed by atoms with van der Waals surface area (Å²) in [4.78, 5) is 11.9. The average Bonchev–Trinajstić information content (AvgIpc) is 2.94. The fraction of sp³-hybridized carbons (Fsp3) is 0. The van der Waals surface area contributed by atoms with E-state index in [2.05, 4.69) is 10.5 Å². The number of benzene rings is 1. The number of nitrogens with zero attached hydrogens (tertiary/aromatic N) is 1. The normalized spacial score (nSPS) is 11.3. The van der Waals surface area contributed by atoms with Crippen molar-refractivity contribution in [2.24, 2.45) is 10.9 Å². The molecule has 0 saturated heterocycles. The second-order valence-corrected chi connectivity index (χ2v) is 4.42. The molecule has 0 fully saturated rings. The molecule has 0 spiro atoms. The van der Waals surface area contributed by atoms with Crippen LogP contribution in [0, 0.1) is 5.82 Å². The lowest BCUT2D eigenvalue weighted by Crippen LogP contribution is -2.19. The molecule has 0 saturated carbocycles. The molecule has 7 heteroatoms. The van der Waals surface area contributed by atoms with Gasteiger partial charge in [0, 0.05) is 10.9 Å². The summed E-state index contributed by atoms with van der Waals surface area (Å²) in [6.07, 6.45) is 0. The Kier molecular flexibility index (Phi) is 3.76. The zero-order chi connectivity index (χ0) is 13.8. The van der Waals surface area contributed by atoms with Crippen molar-refractivity contribution in [1.82, 2.24) is 0 Å². The van der Waals surface area contributed by atoms with Gasteiger partial charge in [0.2, 0.25) is 0 Å². The van der Waals surface area contributed by atoms with Crippen molar-refractivity contribution in [2.45, 2.75) is 0 Å². The number of nitrogens with two attached hydrogens (primary N) is 1. The molecule has 2 rings (SSSR count). The number of anilines is 1. The van der Waals surface area contributed by atoms with Gasteiger partial charge >= 0.3 is 0 Å². The van der Waals surface area contributed by atoms with E-state index in [1.165, 1.54) is 23.5 Å². The Morgan fingerprint density at radius 3 is 2.84 bits per heavy atom. The van der Waals surface area contributed by atoms with Crippen LogP contribution in [0.2, 0.25) is 0 Å². The van der Waals surface area contributed by atoms with E-state index in [1.807, 2.05) is 0 Å². The van der Waals surface area contributed by atoms with Crippen LogP contribution in [0.15, 0.2) is 40.2 Å². The van der Waals surface area contributed by atoms with E-state index in [4.69, 9.17) is 10.9 Å². The standard InChI is InChI=1S/C12H10FN3O2S/c13-8-1-2-10(9(5-8)11(14)16-18)15-12(17)7-3-4-19-6-7/h1-6,18H,(H2,14,16)(H,15,17). The first-order valence-electron chi connectivity index (χ1n) is 5.23. The highest BCUT2D eigenvalue weighted by Crippen LogP contribution is 2.18. The predicted octanol–water partition coefficient (Wildman–Crippen LogP) is 2.23. The molecule has 1 aromatic heterocycles. The predicted molar refractivity (Wildman–Crippen MR) is 71.2 cm³/mol. The molecule has 0 atom stereocenters. The number of amidine groups is 1. The number of oxime groups is 1. The second-order valence-electron chi connectivity index (χ2n) is 3.64. The minimum Gasteiger partial charge on any atom is -0.409 e. The highest BCUT2D eigenvalue weighted by Gasteiger charge is 2.13. The first-order valence-corrected chi connectivity index (χ1v) is 6.17. The van der Waals surface area contributed by atoms with E-state index in [1.54, 1.807) is 16.8 Å². The maximum absolute atomic E-state index is 13.2. The minimum atomic E-state index is -0.546. The van der Waals surface area contributed by atoms with Gasteiger partial charge in [-0.05, 0) is 29.6 Å². The van der Waals surface area contributed by atoms with E-state index >= 15 is 0 Å². The van der Waals surface area contributed by atoms with Crippen LogP contribution in [0.5, 0.6) is 0 Å². The molecule has 2 aromatic rings. The maximum atomic E-state index is 13.2. The van der Waals surface area contributed by atoms with E-state index in [-0.39, 0.29) is 23.0 Å². The molecule has 0 bridgehead atoms. The van der Waals surface area contributed by atoms with Gasteiger partial charge in [-0.3, -0.25) is 4.79 Å². The lowest BCUT2D eigenvalue weighted by Gasteiger charge is -2.09. The first-order chi connectivity index (χ1) is 9.11. The minimum absolute atomic E-state index is 0.117. The van der Waals surface area contributed by atoms with Gasteiger partial charge in [-0.2, -0.15) is 11.3 Å². The van der Waals surface area contributed by atoms with Crippen LogP contribution in [-0.4, -0.2) is 17.0 Å². The molecular weight excluding hydrogens is 269 g/mol. The van der Waals surface area contributed by atoms with Gasteiger partial charge in [0.05, 0.1) is 11.3 Å². The maximum Gasteiger partial charge on any atom is 0.256 e. The zero-order valence-corrected chi connectivity index (χ0v) is 10.4. The summed E-state index contributed by atoms with van der Waals surface area (Å²) in [5, 5.41) is 17.5. The monoisotopic (exact) mass is 279 g/mol. The first kappa shape index (κ1) is 13.0. The third-order valence-electron chi connectivity index (χ3n) is 2.40. The molecule has 0 unspecified atom stereocenters. The molecule has 0 radical (unpaired) electrons. The summed E-state index contributed by atoms with van der Waals surface area (Å²) < 4.78 is 13.2. The number of amides is 1. The summed E-state index contributed by atoms with van der Waals surface area (Å²) in [5.74, 6) is -1.17. The molecule has 0 aliphatic carbocycles. The van der Waals surface area contributed by atoms with E-state index in [0.29, 0.717) is 5.56 Å². The van der Waals surface area contributed by atoms with Crippen molar-refractivity contribution < 1.29 is 14.4 Å². The average molecular weight is 279 g/mol. The topological polar surface area (TPSA) is 87.7 Å². The number of rotatable bonds is 3. The fourth-order valence-electron chi connectivity index (χ4n) is 1.48. The quantitative estimate of drug-likeness (QED) is 0.348. The van der Waals surface area contributed by atoms with Crippen LogP contribution >= 0.6 is 11.3 Å². The fourth-order valence-corrected chi connectivity index (χ4v) is 2.12. The van der Waals surface area contributed by atoms with Gasteiger partial charge < -0.3 is 16.3 Å². The third-order valence-corrected chi connectivity index (χ3v) is 3.08. The highest BCUT2D eigenvalue weighted by molar-refractivity contribution is 7.08. The molecule has 4 N–H and O–H groups in total. The van der Waals surface area contributed by atoms with Crippen molar-refractivity contribution in [2.75, 3.05) is 5.32 Å². The Morgan fingerprint density at radius 2 is 2.21 bits per heavy atom. The van der Waals surface area contributed by atoms with Gasteiger partial charge in [-0.25, -0.2) is 4.39 Å². The van der Waals surface area contributed by atoms with Gasteiger partial charge in [0.25, 0.3) is 5.91 Å². The molecule has 0 aliphatic heterocycles. The third kappa shape index (κ3) is 2.89. The molecule has 1 heterocycles. The number of hydrogen-bond acceptors (Lipinski definition) is 4. The Bertz CT molecular complexity index is 626.